The molecule has 1 amide bonds. The molecule has 0 spiro atoms. The minimum atomic E-state index is -0.207. The van der Waals surface area contributed by atoms with Crippen molar-refractivity contribution in [3.63, 3.8) is 0 Å². The molecule has 2 aromatic carbocycles. The van der Waals surface area contributed by atoms with Crippen LogP contribution in [0.15, 0.2) is 51.8 Å². The highest BCUT2D eigenvalue weighted by Gasteiger charge is 2.33. The summed E-state index contributed by atoms with van der Waals surface area (Å²) < 4.78 is 1.20. The molecule has 0 aliphatic carbocycles. The molecule has 0 saturated carbocycles. The van der Waals surface area contributed by atoms with E-state index in [2.05, 4.69) is 15.9 Å². The van der Waals surface area contributed by atoms with Crippen LogP contribution in [0.25, 0.3) is 6.08 Å². The number of aromatic hydroxyl groups is 1. The first kappa shape index (κ1) is 16.5. The van der Waals surface area contributed by atoms with Crippen LogP contribution in [0.4, 0.5) is 5.69 Å². The number of nitrogens with zero attached hydrogens (tertiary/aromatic N) is 1. The molecule has 2 aromatic rings. The molecule has 0 bridgehead atoms. The molecule has 3 rings (SSSR count). The lowest BCUT2D eigenvalue weighted by Crippen LogP contribution is -2.27. The maximum absolute atomic E-state index is 12.6. The second-order valence-electron chi connectivity index (χ2n) is 4.71. The maximum atomic E-state index is 12.6. The zero-order valence-corrected chi connectivity index (χ0v) is 15.5. The highest BCUT2D eigenvalue weighted by atomic mass is 79.9. The van der Waals surface area contributed by atoms with Crippen molar-refractivity contribution in [2.75, 3.05) is 4.90 Å². The molecule has 1 aliphatic rings. The van der Waals surface area contributed by atoms with E-state index in [1.165, 1.54) is 16.7 Å². The van der Waals surface area contributed by atoms with Gasteiger partial charge in [0.15, 0.2) is 4.32 Å². The Morgan fingerprint density at radius 2 is 2.04 bits per heavy atom. The van der Waals surface area contributed by atoms with Gasteiger partial charge in [0, 0.05) is 4.47 Å². The Kier molecular flexibility index (Phi) is 4.77. The van der Waals surface area contributed by atoms with Crippen molar-refractivity contribution < 1.29 is 9.90 Å². The van der Waals surface area contributed by atoms with Gasteiger partial charge in [0.1, 0.15) is 5.75 Å². The van der Waals surface area contributed by atoms with Gasteiger partial charge in [0.05, 0.1) is 15.6 Å². The van der Waals surface area contributed by atoms with E-state index >= 15 is 0 Å². The Hall–Kier alpha value is -1.34. The van der Waals surface area contributed by atoms with Gasteiger partial charge in [-0.2, -0.15) is 0 Å². The molecule has 1 N–H and O–H groups in total. The second kappa shape index (κ2) is 6.65. The number of halogens is 2. The van der Waals surface area contributed by atoms with E-state index in [0.717, 1.165) is 10.0 Å². The van der Waals surface area contributed by atoms with E-state index in [0.29, 0.717) is 19.9 Å². The predicted molar refractivity (Wildman–Crippen MR) is 103 cm³/mol. The second-order valence-corrected chi connectivity index (χ2v) is 7.65. The number of hydrogen-bond donors (Lipinski definition) is 1. The van der Waals surface area contributed by atoms with Crippen LogP contribution in [0, 0.1) is 0 Å². The largest absolute Gasteiger partial charge is 0.508 e. The molecular weight excluding hydrogens is 418 g/mol. The van der Waals surface area contributed by atoms with Gasteiger partial charge in [-0.3, -0.25) is 9.69 Å². The third-order valence-electron chi connectivity index (χ3n) is 3.12. The SMILES string of the molecule is O=C1/C(=C\c2cccc(O)c2)SC(=S)N1c1ccc(Br)c(Cl)c1. The predicted octanol–water partition coefficient (Wildman–Crippen LogP) is 5.21. The zero-order valence-electron chi connectivity index (χ0n) is 11.5. The van der Waals surface area contributed by atoms with Crippen molar-refractivity contribution in [3.05, 3.63) is 62.4 Å². The topological polar surface area (TPSA) is 40.5 Å². The molecule has 1 aliphatic heterocycles. The quantitative estimate of drug-likeness (QED) is 0.528. The summed E-state index contributed by atoms with van der Waals surface area (Å²) in [4.78, 5) is 14.6. The minimum Gasteiger partial charge on any atom is -0.508 e. The van der Waals surface area contributed by atoms with Crippen molar-refractivity contribution >= 4 is 73.5 Å². The van der Waals surface area contributed by atoms with Crippen LogP contribution in [-0.4, -0.2) is 15.3 Å². The van der Waals surface area contributed by atoms with Crippen LogP contribution >= 0.6 is 51.5 Å². The summed E-state index contributed by atoms with van der Waals surface area (Å²) in [5, 5.41) is 10.0. The van der Waals surface area contributed by atoms with Gasteiger partial charge < -0.3 is 5.11 Å². The Bertz CT molecular complexity index is 854. The minimum absolute atomic E-state index is 0.147. The van der Waals surface area contributed by atoms with Crippen LogP contribution in [0.5, 0.6) is 5.75 Å². The first-order valence-corrected chi connectivity index (χ1v) is 8.87. The van der Waals surface area contributed by atoms with Crippen LogP contribution in [0.3, 0.4) is 0 Å². The van der Waals surface area contributed by atoms with Crippen molar-refractivity contribution in [2.24, 2.45) is 0 Å². The Balaban J connectivity index is 1.95. The highest BCUT2D eigenvalue weighted by molar-refractivity contribution is 9.10. The van der Waals surface area contributed by atoms with Crippen LogP contribution in [0.2, 0.25) is 5.02 Å². The number of rotatable bonds is 2. The highest BCUT2D eigenvalue weighted by Crippen LogP contribution is 2.38. The molecule has 3 nitrogen and oxygen atoms in total. The number of phenolic OH excluding ortho intramolecular Hbond substituents is 1. The monoisotopic (exact) mass is 425 g/mol. The summed E-state index contributed by atoms with van der Waals surface area (Å²) in [6.07, 6.45) is 1.71. The number of benzene rings is 2. The fraction of sp³-hybridized carbons (Fsp3) is 0. The smallest absolute Gasteiger partial charge is 0.270 e. The lowest BCUT2D eigenvalue weighted by molar-refractivity contribution is -0.113. The zero-order chi connectivity index (χ0) is 16.6. The molecule has 116 valence electrons. The van der Waals surface area contributed by atoms with E-state index in [-0.39, 0.29) is 11.7 Å². The number of hydrogen-bond acceptors (Lipinski definition) is 4. The fourth-order valence-electron chi connectivity index (χ4n) is 2.08. The summed E-state index contributed by atoms with van der Waals surface area (Å²) in [5.41, 5.74) is 1.36. The Morgan fingerprint density at radius 1 is 1.26 bits per heavy atom. The maximum Gasteiger partial charge on any atom is 0.270 e. The van der Waals surface area contributed by atoms with Gasteiger partial charge in [0.2, 0.25) is 0 Å². The summed E-state index contributed by atoms with van der Waals surface area (Å²) >= 11 is 16.0. The van der Waals surface area contributed by atoms with E-state index in [1.807, 2.05) is 6.07 Å². The standard InChI is InChI=1S/C16H9BrClNO2S2/c17-12-5-4-10(8-13(12)18)19-15(21)14(23-16(19)22)7-9-2-1-3-11(20)6-9/h1-8,20H/b14-7+. The summed E-state index contributed by atoms with van der Waals surface area (Å²) in [6, 6.07) is 11.9. The van der Waals surface area contributed by atoms with Gasteiger partial charge in [-0.1, -0.05) is 47.7 Å². The van der Waals surface area contributed by atoms with Crippen molar-refractivity contribution in [1.82, 2.24) is 0 Å². The molecule has 0 radical (unpaired) electrons. The molecule has 23 heavy (non-hydrogen) atoms. The molecule has 1 fully saturated rings. The number of thiocarbonyl (C=S) groups is 1. The molecular formula is C16H9BrClNO2S2. The first-order chi connectivity index (χ1) is 11.0. The molecule has 1 heterocycles. The van der Waals surface area contributed by atoms with E-state index < -0.39 is 0 Å². The van der Waals surface area contributed by atoms with Gasteiger partial charge in [-0.25, -0.2) is 0 Å². The molecule has 7 heteroatoms. The molecule has 0 aromatic heterocycles. The summed E-state index contributed by atoms with van der Waals surface area (Å²) in [5.74, 6) is -0.0596. The number of thioether (sulfide) groups is 1. The normalized spacial score (nSPS) is 16.4. The number of amides is 1. The molecule has 1 saturated heterocycles. The molecule has 0 atom stereocenters. The number of anilines is 1. The third kappa shape index (κ3) is 3.45. The third-order valence-corrected chi connectivity index (χ3v) is 5.66. The number of phenols is 1. The number of carbonyl (C=O) groups is 1. The summed E-state index contributed by atoms with van der Waals surface area (Å²) in [6.45, 7) is 0. The van der Waals surface area contributed by atoms with E-state index in [4.69, 9.17) is 23.8 Å². The van der Waals surface area contributed by atoms with Gasteiger partial charge in [-0.15, -0.1) is 0 Å². The van der Waals surface area contributed by atoms with Crippen molar-refractivity contribution in [3.8, 4) is 5.75 Å². The lowest BCUT2D eigenvalue weighted by Gasteiger charge is -2.15. The van der Waals surface area contributed by atoms with Crippen LogP contribution < -0.4 is 4.90 Å². The first-order valence-electron chi connectivity index (χ1n) is 6.48. The summed E-state index contributed by atoms with van der Waals surface area (Å²) in [7, 11) is 0. The molecule has 0 unspecified atom stereocenters. The van der Waals surface area contributed by atoms with Gasteiger partial charge >= 0.3 is 0 Å². The number of carbonyl (C=O) groups excluding carboxylic acids is 1. The van der Waals surface area contributed by atoms with E-state index in [9.17, 15) is 9.90 Å². The fourth-order valence-corrected chi connectivity index (χ4v) is 3.80. The average Bonchev–Trinajstić information content (AvgIpc) is 2.77. The Morgan fingerprint density at radius 3 is 2.74 bits per heavy atom. The van der Waals surface area contributed by atoms with Crippen LogP contribution in [0.1, 0.15) is 5.56 Å². The van der Waals surface area contributed by atoms with Gasteiger partial charge in [-0.05, 0) is 57.9 Å². The Labute approximate surface area is 156 Å². The van der Waals surface area contributed by atoms with Gasteiger partial charge in [0.25, 0.3) is 5.91 Å². The van der Waals surface area contributed by atoms with Crippen molar-refractivity contribution in [1.29, 1.82) is 0 Å². The lowest BCUT2D eigenvalue weighted by atomic mass is 10.2. The van der Waals surface area contributed by atoms with Crippen molar-refractivity contribution in [2.45, 2.75) is 0 Å². The average molecular weight is 427 g/mol. The van der Waals surface area contributed by atoms with E-state index in [1.54, 1.807) is 42.5 Å². The van der Waals surface area contributed by atoms with Crippen LogP contribution in [-0.2, 0) is 4.79 Å².